The van der Waals surface area contributed by atoms with Crippen molar-refractivity contribution in [3.05, 3.63) is 34.9 Å². The lowest BCUT2D eigenvalue weighted by molar-refractivity contribution is 0.0294. The van der Waals surface area contributed by atoms with Gasteiger partial charge in [-0.25, -0.2) is 0 Å². The van der Waals surface area contributed by atoms with Crippen LogP contribution >= 0.6 is 11.6 Å². The quantitative estimate of drug-likeness (QED) is 0.585. The minimum absolute atomic E-state index is 0.276. The van der Waals surface area contributed by atoms with Crippen LogP contribution in [0.5, 0.6) is 0 Å². The first-order valence-corrected chi connectivity index (χ1v) is 6.21. The summed E-state index contributed by atoms with van der Waals surface area (Å²) in [6.45, 7) is 3.52. The van der Waals surface area contributed by atoms with Gasteiger partial charge in [-0.05, 0) is 18.6 Å². The molecule has 0 aromatic heterocycles. The summed E-state index contributed by atoms with van der Waals surface area (Å²) >= 11 is 5.99. The third-order valence-corrected chi connectivity index (χ3v) is 2.66. The number of benzene rings is 1. The minimum atomic E-state index is -0.536. The maximum Gasteiger partial charge on any atom is 0.0898 e. The Labute approximate surface area is 113 Å². The summed E-state index contributed by atoms with van der Waals surface area (Å²) in [5.74, 6) is 5.63. The van der Waals surface area contributed by atoms with Gasteiger partial charge >= 0.3 is 0 Å². The van der Waals surface area contributed by atoms with Crippen molar-refractivity contribution in [1.29, 1.82) is 0 Å². The van der Waals surface area contributed by atoms with Gasteiger partial charge in [0, 0.05) is 11.6 Å². The average Bonchev–Trinajstić information content (AvgIpc) is 2.37. The number of rotatable bonds is 7. The van der Waals surface area contributed by atoms with Crippen LogP contribution in [0.25, 0.3) is 0 Å². The van der Waals surface area contributed by atoms with E-state index in [2.05, 4.69) is 17.2 Å². The van der Waals surface area contributed by atoms with E-state index in [4.69, 9.17) is 16.3 Å². The first-order valence-electron chi connectivity index (χ1n) is 5.83. The third kappa shape index (κ3) is 6.04. The topological polar surface area (TPSA) is 41.5 Å². The van der Waals surface area contributed by atoms with Crippen LogP contribution in [-0.4, -0.2) is 30.9 Å². The van der Waals surface area contributed by atoms with Crippen molar-refractivity contribution in [3.63, 3.8) is 0 Å². The highest BCUT2D eigenvalue weighted by molar-refractivity contribution is 6.31. The molecule has 0 aliphatic rings. The Balaban J connectivity index is 2.17. The molecule has 2 N–H and O–H groups in total. The van der Waals surface area contributed by atoms with Crippen LogP contribution in [0.1, 0.15) is 12.5 Å². The lowest BCUT2D eigenvalue weighted by Gasteiger charge is -2.11. The van der Waals surface area contributed by atoms with E-state index >= 15 is 0 Å². The molecular weight excluding hydrogens is 250 g/mol. The molecule has 98 valence electrons. The van der Waals surface area contributed by atoms with Gasteiger partial charge in [0.25, 0.3) is 0 Å². The lowest BCUT2D eigenvalue weighted by atomic mass is 10.2. The zero-order chi connectivity index (χ0) is 13.2. The standard InChI is InChI=1S/C14H18ClNO2/c1-2-3-8-16-9-13(17)11-18-10-12-6-4-5-7-14(12)15/h4-7,13,16-17H,8-11H2,1H3. The van der Waals surface area contributed by atoms with Crippen molar-refractivity contribution in [2.45, 2.75) is 19.6 Å². The SMILES string of the molecule is CC#CCNCC(O)COCc1ccccc1Cl. The van der Waals surface area contributed by atoms with Crippen LogP contribution in [0.2, 0.25) is 5.02 Å². The van der Waals surface area contributed by atoms with Gasteiger partial charge in [-0.1, -0.05) is 35.7 Å². The van der Waals surface area contributed by atoms with Crippen molar-refractivity contribution in [3.8, 4) is 11.8 Å². The van der Waals surface area contributed by atoms with Gasteiger partial charge in [0.15, 0.2) is 0 Å². The second kappa shape index (κ2) is 8.96. The zero-order valence-electron chi connectivity index (χ0n) is 10.4. The highest BCUT2D eigenvalue weighted by atomic mass is 35.5. The molecule has 4 heteroatoms. The molecular formula is C14H18ClNO2. The summed E-state index contributed by atoms with van der Waals surface area (Å²) in [7, 11) is 0. The highest BCUT2D eigenvalue weighted by Crippen LogP contribution is 2.15. The van der Waals surface area contributed by atoms with E-state index in [1.54, 1.807) is 6.92 Å². The molecule has 0 aliphatic carbocycles. The molecule has 0 aliphatic heterocycles. The summed E-state index contributed by atoms with van der Waals surface area (Å²) in [6.07, 6.45) is -0.536. The largest absolute Gasteiger partial charge is 0.389 e. The van der Waals surface area contributed by atoms with E-state index in [9.17, 15) is 5.11 Å². The van der Waals surface area contributed by atoms with E-state index in [1.165, 1.54) is 0 Å². The normalized spacial score (nSPS) is 11.7. The number of nitrogens with one attached hydrogen (secondary N) is 1. The fourth-order valence-electron chi connectivity index (χ4n) is 1.37. The van der Waals surface area contributed by atoms with E-state index < -0.39 is 6.10 Å². The van der Waals surface area contributed by atoms with Crippen LogP contribution < -0.4 is 5.32 Å². The Kier molecular flexibility index (Phi) is 7.47. The zero-order valence-corrected chi connectivity index (χ0v) is 11.2. The summed E-state index contributed by atoms with van der Waals surface area (Å²) in [4.78, 5) is 0. The second-order valence-electron chi connectivity index (χ2n) is 3.82. The molecule has 0 spiro atoms. The first kappa shape index (κ1) is 15.0. The summed E-state index contributed by atoms with van der Waals surface area (Å²) in [6, 6.07) is 7.51. The number of hydrogen-bond acceptors (Lipinski definition) is 3. The molecule has 0 radical (unpaired) electrons. The highest BCUT2D eigenvalue weighted by Gasteiger charge is 2.04. The Bertz CT molecular complexity index is 412. The number of halogens is 1. The number of aliphatic hydroxyl groups is 1. The summed E-state index contributed by atoms with van der Waals surface area (Å²) < 4.78 is 5.41. The molecule has 1 aromatic carbocycles. The Morgan fingerprint density at radius 1 is 1.44 bits per heavy atom. The molecule has 0 bridgehead atoms. The Morgan fingerprint density at radius 2 is 2.22 bits per heavy atom. The Morgan fingerprint density at radius 3 is 2.94 bits per heavy atom. The van der Waals surface area contributed by atoms with E-state index in [1.807, 2.05) is 24.3 Å². The first-order chi connectivity index (χ1) is 8.74. The van der Waals surface area contributed by atoms with Gasteiger partial charge in [0.2, 0.25) is 0 Å². The van der Waals surface area contributed by atoms with E-state index in [0.29, 0.717) is 24.7 Å². The van der Waals surface area contributed by atoms with Gasteiger partial charge in [-0.2, -0.15) is 0 Å². The van der Waals surface area contributed by atoms with Crippen LogP contribution in [0.3, 0.4) is 0 Å². The van der Waals surface area contributed by atoms with Crippen LogP contribution in [0, 0.1) is 11.8 Å². The fraction of sp³-hybridized carbons (Fsp3) is 0.429. The molecule has 0 saturated carbocycles. The Hall–Kier alpha value is -1.05. The maximum absolute atomic E-state index is 9.63. The molecule has 3 nitrogen and oxygen atoms in total. The molecule has 1 atom stereocenters. The monoisotopic (exact) mass is 267 g/mol. The van der Waals surface area contributed by atoms with Gasteiger partial charge in [0.1, 0.15) is 0 Å². The van der Waals surface area contributed by atoms with Crippen LogP contribution in [-0.2, 0) is 11.3 Å². The van der Waals surface area contributed by atoms with Crippen molar-refractivity contribution >= 4 is 11.6 Å². The van der Waals surface area contributed by atoms with Crippen molar-refractivity contribution < 1.29 is 9.84 Å². The predicted molar refractivity (Wildman–Crippen MR) is 73.4 cm³/mol. The van der Waals surface area contributed by atoms with Gasteiger partial charge < -0.3 is 15.2 Å². The summed E-state index contributed by atoms with van der Waals surface area (Å²) in [5, 5.41) is 13.3. The van der Waals surface area contributed by atoms with E-state index in [-0.39, 0.29) is 6.61 Å². The molecule has 1 rings (SSSR count). The molecule has 1 aromatic rings. The molecule has 0 heterocycles. The summed E-state index contributed by atoms with van der Waals surface area (Å²) in [5.41, 5.74) is 0.927. The molecule has 0 saturated heterocycles. The average molecular weight is 268 g/mol. The van der Waals surface area contributed by atoms with Crippen LogP contribution in [0.15, 0.2) is 24.3 Å². The van der Waals surface area contributed by atoms with E-state index in [0.717, 1.165) is 5.56 Å². The van der Waals surface area contributed by atoms with Crippen molar-refractivity contribution in [2.75, 3.05) is 19.7 Å². The lowest BCUT2D eigenvalue weighted by Crippen LogP contribution is -2.30. The smallest absolute Gasteiger partial charge is 0.0898 e. The minimum Gasteiger partial charge on any atom is -0.389 e. The van der Waals surface area contributed by atoms with Gasteiger partial charge in [0.05, 0.1) is 25.9 Å². The molecule has 0 amide bonds. The van der Waals surface area contributed by atoms with Crippen molar-refractivity contribution in [2.24, 2.45) is 0 Å². The number of aliphatic hydroxyl groups excluding tert-OH is 1. The van der Waals surface area contributed by atoms with Crippen molar-refractivity contribution in [1.82, 2.24) is 5.32 Å². The molecule has 0 fully saturated rings. The molecule has 18 heavy (non-hydrogen) atoms. The fourth-order valence-corrected chi connectivity index (χ4v) is 1.56. The second-order valence-corrected chi connectivity index (χ2v) is 4.23. The third-order valence-electron chi connectivity index (χ3n) is 2.30. The maximum atomic E-state index is 9.63. The van der Waals surface area contributed by atoms with Gasteiger partial charge in [-0.15, -0.1) is 5.92 Å². The van der Waals surface area contributed by atoms with Gasteiger partial charge in [-0.3, -0.25) is 0 Å². The predicted octanol–water partition coefficient (Wildman–Crippen LogP) is 1.83. The number of hydrogen-bond donors (Lipinski definition) is 2. The number of ether oxygens (including phenoxy) is 1. The van der Waals surface area contributed by atoms with Crippen LogP contribution in [0.4, 0.5) is 0 Å². The molecule has 1 unspecified atom stereocenters.